The van der Waals surface area contributed by atoms with Crippen molar-refractivity contribution in [1.82, 2.24) is 9.88 Å². The Morgan fingerprint density at radius 1 is 1.21 bits per heavy atom. The Morgan fingerprint density at radius 3 is 2.61 bits per heavy atom. The maximum absolute atomic E-state index is 12.7. The smallest absolute Gasteiger partial charge is 0.466 e. The van der Waals surface area contributed by atoms with Crippen LogP contribution in [0.1, 0.15) is 23.6 Å². The second kappa shape index (κ2) is 8.08. The van der Waals surface area contributed by atoms with Crippen molar-refractivity contribution in [3.05, 3.63) is 66.0 Å². The molecule has 3 rings (SSSR count). The van der Waals surface area contributed by atoms with Crippen molar-refractivity contribution in [3.8, 4) is 0 Å². The molecule has 0 spiro atoms. The Hall–Kier alpha value is -3.42. The summed E-state index contributed by atoms with van der Waals surface area (Å²) in [5.74, 6) is -1.20. The molecule has 0 unspecified atom stereocenters. The number of hydrogen-bond acceptors (Lipinski definition) is 7. The number of rotatable bonds is 5. The Morgan fingerprint density at radius 2 is 1.96 bits per heavy atom. The van der Waals surface area contributed by atoms with Crippen molar-refractivity contribution >= 4 is 18.0 Å². The van der Waals surface area contributed by atoms with Crippen molar-refractivity contribution in [3.63, 3.8) is 0 Å². The number of pyridine rings is 1. The molecule has 0 N–H and O–H groups in total. The van der Waals surface area contributed by atoms with E-state index in [4.69, 9.17) is 14.2 Å². The molecule has 0 aliphatic carbocycles. The molecule has 1 aliphatic heterocycles. The summed E-state index contributed by atoms with van der Waals surface area (Å²) in [7, 11) is 2.70. The number of likely N-dealkylation sites (N-methyl/N-ethyl adjacent to an activating group) is 1. The Kier molecular flexibility index (Phi) is 5.58. The topological polar surface area (TPSA) is 95.0 Å². The summed E-state index contributed by atoms with van der Waals surface area (Å²) in [5.41, 5.74) is -0.565. The minimum Gasteiger partial charge on any atom is -0.466 e. The lowest BCUT2D eigenvalue weighted by Crippen LogP contribution is -2.48. The summed E-state index contributed by atoms with van der Waals surface area (Å²) in [4.78, 5) is 42.9. The van der Waals surface area contributed by atoms with E-state index < -0.39 is 23.8 Å². The third-order valence-corrected chi connectivity index (χ3v) is 4.63. The molecular weight excluding hydrogens is 364 g/mol. The van der Waals surface area contributed by atoms with Crippen LogP contribution in [0.2, 0.25) is 0 Å². The van der Waals surface area contributed by atoms with E-state index in [1.54, 1.807) is 30.5 Å². The zero-order valence-electron chi connectivity index (χ0n) is 15.5. The Balaban J connectivity index is 1.87. The fourth-order valence-corrected chi connectivity index (χ4v) is 3.32. The molecule has 2 heterocycles. The highest BCUT2D eigenvalue weighted by atomic mass is 16.7. The number of benzene rings is 1. The van der Waals surface area contributed by atoms with Gasteiger partial charge in [-0.05, 0) is 17.2 Å². The van der Waals surface area contributed by atoms with Crippen LogP contribution in [-0.2, 0) is 30.4 Å². The van der Waals surface area contributed by atoms with Crippen molar-refractivity contribution in [2.75, 3.05) is 14.2 Å². The third kappa shape index (κ3) is 3.66. The number of carbonyl (C=O) groups excluding carboxylic acids is 3. The van der Waals surface area contributed by atoms with Gasteiger partial charge in [0.05, 0.1) is 13.5 Å². The van der Waals surface area contributed by atoms with E-state index in [0.717, 1.165) is 5.56 Å². The molecule has 1 aromatic carbocycles. The quantitative estimate of drug-likeness (QED) is 0.730. The van der Waals surface area contributed by atoms with Gasteiger partial charge in [-0.2, -0.15) is 0 Å². The standard InChI is InChI=1S/C20H20N2O6/c1-22-16(23)11-20(18(24)26-2,17(22)15-9-6-10-21-12-15)28-19(25)27-13-14-7-4-3-5-8-14/h3-10,12,17H,11,13H2,1-2H3/t17-,20+/m1/s1. The number of nitrogens with zero attached hydrogens (tertiary/aromatic N) is 2. The number of likely N-dealkylation sites (tertiary alicyclic amines) is 1. The first-order valence-electron chi connectivity index (χ1n) is 8.61. The first-order valence-corrected chi connectivity index (χ1v) is 8.61. The van der Waals surface area contributed by atoms with E-state index in [9.17, 15) is 14.4 Å². The largest absolute Gasteiger partial charge is 0.509 e. The maximum atomic E-state index is 12.7. The first-order chi connectivity index (χ1) is 13.5. The van der Waals surface area contributed by atoms with Gasteiger partial charge in [0.2, 0.25) is 11.5 Å². The molecule has 0 bridgehead atoms. The lowest BCUT2D eigenvalue weighted by Gasteiger charge is -2.33. The Labute approximate surface area is 162 Å². The molecule has 8 heteroatoms. The van der Waals surface area contributed by atoms with E-state index in [1.807, 2.05) is 18.2 Å². The van der Waals surface area contributed by atoms with Gasteiger partial charge in [-0.1, -0.05) is 36.4 Å². The van der Waals surface area contributed by atoms with Crippen LogP contribution in [0.4, 0.5) is 4.79 Å². The monoisotopic (exact) mass is 384 g/mol. The van der Waals surface area contributed by atoms with Crippen LogP contribution >= 0.6 is 0 Å². The number of amides is 1. The molecule has 1 aromatic heterocycles. The third-order valence-electron chi connectivity index (χ3n) is 4.63. The second-order valence-corrected chi connectivity index (χ2v) is 6.38. The van der Waals surface area contributed by atoms with E-state index in [1.165, 1.54) is 25.3 Å². The molecule has 1 amide bonds. The van der Waals surface area contributed by atoms with Gasteiger partial charge in [-0.15, -0.1) is 0 Å². The van der Waals surface area contributed by atoms with Gasteiger partial charge < -0.3 is 19.1 Å². The predicted molar refractivity (Wildman–Crippen MR) is 96.8 cm³/mol. The number of esters is 1. The van der Waals surface area contributed by atoms with Gasteiger partial charge >= 0.3 is 12.1 Å². The highest BCUT2D eigenvalue weighted by Crippen LogP contribution is 2.44. The van der Waals surface area contributed by atoms with Gasteiger partial charge in [0, 0.05) is 19.4 Å². The average molecular weight is 384 g/mol. The second-order valence-electron chi connectivity index (χ2n) is 6.38. The summed E-state index contributed by atoms with van der Waals surface area (Å²) < 4.78 is 15.5. The summed E-state index contributed by atoms with van der Waals surface area (Å²) in [6, 6.07) is 11.5. The number of hydrogen-bond donors (Lipinski definition) is 0. The molecule has 8 nitrogen and oxygen atoms in total. The molecular formula is C20H20N2O6. The fourth-order valence-electron chi connectivity index (χ4n) is 3.32. The zero-order chi connectivity index (χ0) is 20.1. The average Bonchev–Trinajstić information content (AvgIpc) is 2.97. The van der Waals surface area contributed by atoms with E-state index in [0.29, 0.717) is 5.56 Å². The summed E-state index contributed by atoms with van der Waals surface area (Å²) in [5, 5.41) is 0. The lowest BCUT2D eigenvalue weighted by molar-refractivity contribution is -0.168. The molecule has 2 aromatic rings. The molecule has 2 atom stereocenters. The van der Waals surface area contributed by atoms with Crippen LogP contribution in [0.3, 0.4) is 0 Å². The van der Waals surface area contributed by atoms with Crippen LogP contribution in [-0.4, -0.2) is 47.7 Å². The lowest BCUT2D eigenvalue weighted by atomic mass is 9.89. The molecule has 1 saturated heterocycles. The van der Waals surface area contributed by atoms with Crippen LogP contribution in [0, 0.1) is 0 Å². The summed E-state index contributed by atoms with van der Waals surface area (Å²) >= 11 is 0. The minimum absolute atomic E-state index is 0.0295. The molecule has 146 valence electrons. The molecule has 28 heavy (non-hydrogen) atoms. The highest BCUT2D eigenvalue weighted by Gasteiger charge is 2.61. The molecule has 1 aliphatic rings. The maximum Gasteiger partial charge on any atom is 0.509 e. The van der Waals surface area contributed by atoms with Gasteiger partial charge in [0.25, 0.3) is 0 Å². The van der Waals surface area contributed by atoms with E-state index >= 15 is 0 Å². The van der Waals surface area contributed by atoms with Crippen LogP contribution < -0.4 is 0 Å². The normalized spacial score (nSPS) is 21.3. The zero-order valence-corrected chi connectivity index (χ0v) is 15.5. The van der Waals surface area contributed by atoms with Gasteiger partial charge in [-0.3, -0.25) is 9.78 Å². The van der Waals surface area contributed by atoms with Crippen LogP contribution in [0.5, 0.6) is 0 Å². The molecule has 0 radical (unpaired) electrons. The van der Waals surface area contributed by atoms with Crippen LogP contribution in [0.25, 0.3) is 0 Å². The van der Waals surface area contributed by atoms with E-state index in [-0.39, 0.29) is 18.9 Å². The molecule has 1 fully saturated rings. The van der Waals surface area contributed by atoms with Crippen molar-refractivity contribution in [2.45, 2.75) is 24.7 Å². The van der Waals surface area contributed by atoms with Crippen molar-refractivity contribution in [1.29, 1.82) is 0 Å². The number of aromatic nitrogens is 1. The number of methoxy groups -OCH3 is 1. The van der Waals surface area contributed by atoms with Gasteiger partial charge in [0.15, 0.2) is 0 Å². The van der Waals surface area contributed by atoms with E-state index in [2.05, 4.69) is 4.98 Å². The summed E-state index contributed by atoms with van der Waals surface area (Å²) in [6.07, 6.45) is 1.66. The van der Waals surface area contributed by atoms with Gasteiger partial charge in [0.1, 0.15) is 12.6 Å². The van der Waals surface area contributed by atoms with Crippen LogP contribution in [0.15, 0.2) is 54.9 Å². The van der Waals surface area contributed by atoms with Crippen molar-refractivity contribution < 1.29 is 28.6 Å². The predicted octanol–water partition coefficient (Wildman–Crippen LogP) is 2.25. The van der Waals surface area contributed by atoms with Gasteiger partial charge in [-0.25, -0.2) is 9.59 Å². The Bertz CT molecular complexity index is 858. The highest BCUT2D eigenvalue weighted by molar-refractivity contribution is 5.94. The number of ether oxygens (including phenoxy) is 3. The SMILES string of the molecule is COC(=O)[C@]1(OC(=O)OCc2ccccc2)CC(=O)N(C)[C@@H]1c1cccnc1. The minimum atomic E-state index is -1.86. The molecule has 0 saturated carbocycles. The fraction of sp³-hybridized carbons (Fsp3) is 0.300. The summed E-state index contributed by atoms with van der Waals surface area (Å²) in [6.45, 7) is -0.0295. The van der Waals surface area contributed by atoms with Crippen molar-refractivity contribution in [2.24, 2.45) is 0 Å². The first kappa shape index (κ1) is 19.3. The number of carbonyl (C=O) groups is 3.